The number of hydrogen-bond acceptors (Lipinski definition) is 4. The van der Waals surface area contributed by atoms with Gasteiger partial charge in [0.25, 0.3) is 5.56 Å². The van der Waals surface area contributed by atoms with Crippen LogP contribution in [0.4, 0.5) is 0 Å². The molecule has 3 aromatic rings. The van der Waals surface area contributed by atoms with Crippen molar-refractivity contribution in [3.05, 3.63) is 82.6 Å². The monoisotopic (exact) mass is 365 g/mol. The molecule has 6 heteroatoms. The molecule has 0 saturated carbocycles. The number of thioether (sulfide) groups is 1. The van der Waals surface area contributed by atoms with Crippen molar-refractivity contribution in [2.45, 2.75) is 23.9 Å². The second kappa shape index (κ2) is 8.49. The first kappa shape index (κ1) is 17.9. The molecule has 1 heterocycles. The van der Waals surface area contributed by atoms with Crippen molar-refractivity contribution >= 4 is 17.7 Å². The molecule has 0 spiro atoms. The van der Waals surface area contributed by atoms with E-state index in [1.807, 2.05) is 60.7 Å². The lowest BCUT2D eigenvalue weighted by molar-refractivity contribution is -0.120. The van der Waals surface area contributed by atoms with Crippen molar-refractivity contribution in [3.8, 4) is 11.3 Å². The fraction of sp³-hybridized carbons (Fsp3) is 0.150. The van der Waals surface area contributed by atoms with Gasteiger partial charge in [0.1, 0.15) is 0 Å². The molecule has 0 unspecified atom stereocenters. The van der Waals surface area contributed by atoms with Gasteiger partial charge in [0.2, 0.25) is 5.91 Å². The van der Waals surface area contributed by atoms with E-state index in [0.717, 1.165) is 11.1 Å². The van der Waals surface area contributed by atoms with Crippen LogP contribution in [0.1, 0.15) is 12.5 Å². The van der Waals surface area contributed by atoms with Gasteiger partial charge in [-0.05, 0) is 12.5 Å². The maximum atomic E-state index is 12.3. The van der Waals surface area contributed by atoms with Crippen LogP contribution in [0.2, 0.25) is 0 Å². The Bertz CT molecular complexity index is 927. The van der Waals surface area contributed by atoms with Crippen LogP contribution < -0.4 is 10.9 Å². The largest absolute Gasteiger partial charge is 0.351 e. The van der Waals surface area contributed by atoms with Crippen LogP contribution in [-0.2, 0) is 11.3 Å². The zero-order chi connectivity index (χ0) is 18.4. The van der Waals surface area contributed by atoms with Gasteiger partial charge in [0.15, 0.2) is 5.16 Å². The molecular formula is C20H19N3O2S. The van der Waals surface area contributed by atoms with Crippen LogP contribution >= 0.6 is 11.8 Å². The molecule has 1 aromatic heterocycles. The minimum Gasteiger partial charge on any atom is -0.351 e. The average molecular weight is 365 g/mol. The first-order valence-corrected chi connectivity index (χ1v) is 9.15. The Morgan fingerprint density at radius 1 is 1.12 bits per heavy atom. The molecule has 2 aromatic carbocycles. The predicted octanol–water partition coefficient (Wildman–Crippen LogP) is 3.23. The molecule has 0 fully saturated rings. The molecule has 5 nitrogen and oxygen atoms in total. The lowest BCUT2D eigenvalue weighted by atomic mass is 10.1. The highest BCUT2D eigenvalue weighted by Crippen LogP contribution is 2.22. The number of rotatable bonds is 6. The van der Waals surface area contributed by atoms with Gasteiger partial charge in [-0.2, -0.15) is 0 Å². The summed E-state index contributed by atoms with van der Waals surface area (Å²) in [6.07, 6.45) is 0. The highest BCUT2D eigenvalue weighted by atomic mass is 32.2. The number of aromatic nitrogens is 2. The number of H-pyrrole nitrogens is 1. The maximum absolute atomic E-state index is 12.3. The smallest absolute Gasteiger partial charge is 0.252 e. The zero-order valence-electron chi connectivity index (χ0n) is 14.3. The summed E-state index contributed by atoms with van der Waals surface area (Å²) in [7, 11) is 0. The van der Waals surface area contributed by atoms with E-state index in [4.69, 9.17) is 0 Å². The van der Waals surface area contributed by atoms with Crippen LogP contribution in [0.15, 0.2) is 76.7 Å². The lowest BCUT2D eigenvalue weighted by Gasteiger charge is -2.12. The highest BCUT2D eigenvalue weighted by molar-refractivity contribution is 8.00. The average Bonchev–Trinajstić information content (AvgIpc) is 2.67. The number of nitrogens with zero attached hydrogens (tertiary/aromatic N) is 1. The molecule has 3 rings (SSSR count). The number of carbonyl (C=O) groups excluding carboxylic acids is 1. The van der Waals surface area contributed by atoms with E-state index in [1.54, 1.807) is 6.92 Å². The summed E-state index contributed by atoms with van der Waals surface area (Å²) in [4.78, 5) is 31.4. The van der Waals surface area contributed by atoms with Gasteiger partial charge in [-0.1, -0.05) is 72.4 Å². The van der Waals surface area contributed by atoms with E-state index < -0.39 is 0 Å². The van der Waals surface area contributed by atoms with E-state index in [-0.39, 0.29) is 16.7 Å². The molecule has 0 radical (unpaired) electrons. The van der Waals surface area contributed by atoms with Crippen molar-refractivity contribution in [2.24, 2.45) is 0 Å². The van der Waals surface area contributed by atoms with Gasteiger partial charge in [-0.15, -0.1) is 0 Å². The molecule has 0 aliphatic heterocycles. The quantitative estimate of drug-likeness (QED) is 0.519. The van der Waals surface area contributed by atoms with Crippen LogP contribution in [0.3, 0.4) is 0 Å². The van der Waals surface area contributed by atoms with E-state index in [2.05, 4.69) is 15.3 Å². The first-order chi connectivity index (χ1) is 12.6. The van der Waals surface area contributed by atoms with Crippen molar-refractivity contribution in [2.75, 3.05) is 0 Å². The fourth-order valence-corrected chi connectivity index (χ4v) is 3.23. The summed E-state index contributed by atoms with van der Waals surface area (Å²) in [5.74, 6) is -0.105. The summed E-state index contributed by atoms with van der Waals surface area (Å²) < 4.78 is 0. The van der Waals surface area contributed by atoms with E-state index in [0.29, 0.717) is 17.4 Å². The number of hydrogen-bond donors (Lipinski definition) is 2. The second-order valence-corrected chi connectivity index (χ2v) is 7.09. The third-order valence-electron chi connectivity index (χ3n) is 3.76. The Kier molecular flexibility index (Phi) is 5.86. The van der Waals surface area contributed by atoms with Crippen LogP contribution in [-0.4, -0.2) is 21.1 Å². The predicted molar refractivity (Wildman–Crippen MR) is 104 cm³/mol. The number of nitrogens with one attached hydrogen (secondary N) is 2. The van der Waals surface area contributed by atoms with Crippen LogP contribution in [0.25, 0.3) is 11.3 Å². The van der Waals surface area contributed by atoms with Crippen LogP contribution in [0, 0.1) is 0 Å². The molecule has 0 saturated heterocycles. The molecule has 1 atom stereocenters. The number of amides is 1. The highest BCUT2D eigenvalue weighted by Gasteiger charge is 2.16. The SMILES string of the molecule is C[C@H](Sc1nc(-c2ccccc2)cc(=O)[nH]1)C(=O)NCc1ccccc1. The second-order valence-electron chi connectivity index (χ2n) is 5.77. The Labute approximate surface area is 155 Å². The third-order valence-corrected chi connectivity index (χ3v) is 4.74. The number of aromatic amines is 1. The molecule has 0 aliphatic rings. The van der Waals surface area contributed by atoms with Crippen molar-refractivity contribution in [1.82, 2.24) is 15.3 Å². The standard InChI is InChI=1S/C20H19N3O2S/c1-14(19(25)21-13-15-8-4-2-5-9-15)26-20-22-17(12-18(24)23-20)16-10-6-3-7-11-16/h2-12,14H,13H2,1H3,(H,21,25)(H,22,23,24)/t14-/m0/s1. The Hall–Kier alpha value is -2.86. The first-order valence-electron chi connectivity index (χ1n) is 8.27. The van der Waals surface area contributed by atoms with Gasteiger partial charge >= 0.3 is 0 Å². The Balaban J connectivity index is 1.67. The van der Waals surface area contributed by atoms with Gasteiger partial charge in [0, 0.05) is 18.2 Å². The summed E-state index contributed by atoms with van der Waals surface area (Å²) in [6.45, 7) is 2.26. The Morgan fingerprint density at radius 3 is 2.46 bits per heavy atom. The molecule has 1 amide bonds. The van der Waals surface area contributed by atoms with Crippen molar-refractivity contribution in [3.63, 3.8) is 0 Å². The number of carbonyl (C=O) groups is 1. The molecule has 0 bridgehead atoms. The van der Waals surface area contributed by atoms with E-state index in [1.165, 1.54) is 17.8 Å². The fourth-order valence-electron chi connectivity index (χ4n) is 2.40. The van der Waals surface area contributed by atoms with Gasteiger partial charge in [0.05, 0.1) is 10.9 Å². The molecule has 0 aliphatic carbocycles. The minimum atomic E-state index is -0.382. The molecule has 2 N–H and O–H groups in total. The normalized spacial score (nSPS) is 11.7. The maximum Gasteiger partial charge on any atom is 0.252 e. The summed E-state index contributed by atoms with van der Waals surface area (Å²) in [5.41, 5.74) is 2.25. The van der Waals surface area contributed by atoms with E-state index in [9.17, 15) is 9.59 Å². The van der Waals surface area contributed by atoms with Crippen molar-refractivity contribution < 1.29 is 4.79 Å². The zero-order valence-corrected chi connectivity index (χ0v) is 15.1. The summed E-state index contributed by atoms with van der Waals surface area (Å²) >= 11 is 1.23. The van der Waals surface area contributed by atoms with E-state index >= 15 is 0 Å². The summed E-state index contributed by atoms with van der Waals surface area (Å²) in [5, 5.41) is 2.95. The number of benzene rings is 2. The molecular weight excluding hydrogens is 346 g/mol. The summed E-state index contributed by atoms with van der Waals surface area (Å²) in [6, 6.07) is 20.7. The Morgan fingerprint density at radius 2 is 1.77 bits per heavy atom. The lowest BCUT2D eigenvalue weighted by Crippen LogP contribution is -2.30. The minimum absolute atomic E-state index is 0.105. The van der Waals surface area contributed by atoms with Gasteiger partial charge in [-0.25, -0.2) is 4.98 Å². The van der Waals surface area contributed by atoms with Gasteiger partial charge in [-0.3, -0.25) is 9.59 Å². The molecule has 26 heavy (non-hydrogen) atoms. The van der Waals surface area contributed by atoms with Crippen molar-refractivity contribution in [1.29, 1.82) is 0 Å². The van der Waals surface area contributed by atoms with Gasteiger partial charge < -0.3 is 10.3 Å². The van der Waals surface area contributed by atoms with Crippen LogP contribution in [0.5, 0.6) is 0 Å². The third kappa shape index (κ3) is 4.83. The topological polar surface area (TPSA) is 74.8 Å². The molecule has 132 valence electrons.